The van der Waals surface area contributed by atoms with Gasteiger partial charge >= 0.3 is 0 Å². The third-order valence-corrected chi connectivity index (χ3v) is 5.94. The summed E-state index contributed by atoms with van der Waals surface area (Å²) in [5.74, 6) is 0.0675. The summed E-state index contributed by atoms with van der Waals surface area (Å²) >= 11 is 0. The van der Waals surface area contributed by atoms with E-state index >= 15 is 0 Å². The average molecular weight is 387 g/mol. The highest BCUT2D eigenvalue weighted by molar-refractivity contribution is 6.03. The number of aromatic nitrogens is 2. The zero-order chi connectivity index (χ0) is 19.6. The number of nitrogens with one attached hydrogen (secondary N) is 2. The van der Waals surface area contributed by atoms with Gasteiger partial charge in [-0.3, -0.25) is 14.4 Å². The van der Waals surface area contributed by atoms with Crippen LogP contribution in [0.3, 0.4) is 0 Å². The second-order valence-corrected chi connectivity index (χ2v) is 7.69. The quantitative estimate of drug-likeness (QED) is 0.722. The number of para-hydroxylation sites is 2. The lowest BCUT2D eigenvalue weighted by molar-refractivity contribution is -0.117. The van der Waals surface area contributed by atoms with Gasteiger partial charge in [0.1, 0.15) is 0 Å². The lowest BCUT2D eigenvalue weighted by Gasteiger charge is -2.27. The van der Waals surface area contributed by atoms with Gasteiger partial charge in [-0.1, -0.05) is 36.4 Å². The van der Waals surface area contributed by atoms with Crippen molar-refractivity contribution in [1.82, 2.24) is 20.4 Å². The highest BCUT2D eigenvalue weighted by Gasteiger charge is 2.31. The number of carbonyl (C=O) groups excluding carboxylic acids is 1. The van der Waals surface area contributed by atoms with Crippen LogP contribution in [0.25, 0.3) is 0 Å². The van der Waals surface area contributed by atoms with E-state index in [0.29, 0.717) is 0 Å². The SMILES string of the molecule is O=C(CN[C@@H]1CNC[C@@H]1n1cccn1)N1c2ccccc2CCc2ccccc21. The second-order valence-electron chi connectivity index (χ2n) is 7.69. The van der Waals surface area contributed by atoms with Gasteiger partial charge in [-0.25, -0.2) is 0 Å². The number of hydrogen-bond acceptors (Lipinski definition) is 4. The van der Waals surface area contributed by atoms with Crippen LogP contribution in [-0.2, 0) is 17.6 Å². The zero-order valence-electron chi connectivity index (χ0n) is 16.3. The number of rotatable bonds is 4. The molecule has 3 aromatic rings. The molecule has 2 aliphatic heterocycles. The molecule has 5 rings (SSSR count). The molecule has 1 amide bonds. The molecule has 1 aromatic heterocycles. The molecule has 6 nitrogen and oxygen atoms in total. The summed E-state index contributed by atoms with van der Waals surface area (Å²) in [5, 5.41) is 11.3. The number of hydrogen-bond donors (Lipinski definition) is 2. The van der Waals surface area contributed by atoms with Gasteiger partial charge in [-0.05, 0) is 42.2 Å². The van der Waals surface area contributed by atoms with Crippen LogP contribution in [-0.4, -0.2) is 41.4 Å². The normalized spacial score (nSPS) is 20.8. The van der Waals surface area contributed by atoms with Crippen LogP contribution in [0.2, 0.25) is 0 Å². The molecule has 1 saturated heterocycles. The fourth-order valence-corrected chi connectivity index (χ4v) is 4.47. The van der Waals surface area contributed by atoms with Crippen LogP contribution in [0.15, 0.2) is 67.0 Å². The van der Waals surface area contributed by atoms with Gasteiger partial charge in [0.05, 0.1) is 24.0 Å². The Bertz CT molecular complexity index is 953. The molecule has 0 unspecified atom stereocenters. The van der Waals surface area contributed by atoms with E-state index in [-0.39, 0.29) is 24.5 Å². The molecule has 3 heterocycles. The molecule has 2 atom stereocenters. The minimum Gasteiger partial charge on any atom is -0.313 e. The van der Waals surface area contributed by atoms with Crippen molar-refractivity contribution in [2.45, 2.75) is 24.9 Å². The average Bonchev–Trinajstić information content (AvgIpc) is 3.41. The Kier molecular flexibility index (Phi) is 4.87. The Labute approximate surface area is 170 Å². The lowest BCUT2D eigenvalue weighted by atomic mass is 10.0. The Morgan fingerprint density at radius 3 is 2.34 bits per heavy atom. The van der Waals surface area contributed by atoms with Crippen LogP contribution >= 0.6 is 0 Å². The van der Waals surface area contributed by atoms with E-state index in [9.17, 15) is 4.79 Å². The van der Waals surface area contributed by atoms with Gasteiger partial charge in [0, 0.05) is 31.5 Å². The summed E-state index contributed by atoms with van der Waals surface area (Å²) in [4.78, 5) is 15.3. The molecule has 6 heteroatoms. The van der Waals surface area contributed by atoms with Gasteiger partial charge in [0.25, 0.3) is 0 Å². The van der Waals surface area contributed by atoms with Gasteiger partial charge < -0.3 is 10.6 Å². The number of carbonyl (C=O) groups is 1. The Balaban J connectivity index is 1.39. The number of benzene rings is 2. The Morgan fingerprint density at radius 2 is 1.69 bits per heavy atom. The predicted octanol–water partition coefficient (Wildman–Crippen LogP) is 2.45. The van der Waals surface area contributed by atoms with E-state index in [0.717, 1.165) is 37.3 Å². The first kappa shape index (κ1) is 18.1. The van der Waals surface area contributed by atoms with Gasteiger partial charge in [-0.15, -0.1) is 0 Å². The Hall–Kier alpha value is -2.96. The van der Waals surface area contributed by atoms with Crippen LogP contribution in [0.4, 0.5) is 11.4 Å². The smallest absolute Gasteiger partial charge is 0.245 e. The molecule has 0 saturated carbocycles. The molecular formula is C23H25N5O. The van der Waals surface area contributed by atoms with Crippen molar-refractivity contribution in [1.29, 1.82) is 0 Å². The molecule has 2 N–H and O–H groups in total. The molecule has 0 spiro atoms. The molecule has 1 fully saturated rings. The predicted molar refractivity (Wildman–Crippen MR) is 113 cm³/mol. The fraction of sp³-hybridized carbons (Fsp3) is 0.304. The van der Waals surface area contributed by atoms with E-state index in [1.54, 1.807) is 6.20 Å². The standard InChI is InChI=1S/C23H25N5O/c29-23(16-25-19-14-24-15-22(19)27-13-5-12-26-27)28-20-8-3-1-6-17(20)10-11-18-7-2-4-9-21(18)28/h1-9,12-13,19,22,24-25H,10-11,14-16H2/t19-,22+/m1/s1. The minimum atomic E-state index is 0.0675. The molecule has 0 aliphatic carbocycles. The maximum Gasteiger partial charge on any atom is 0.245 e. The summed E-state index contributed by atoms with van der Waals surface area (Å²) in [6.45, 7) is 1.96. The fourth-order valence-electron chi connectivity index (χ4n) is 4.47. The van der Waals surface area contributed by atoms with Crippen molar-refractivity contribution in [2.75, 3.05) is 24.5 Å². The van der Waals surface area contributed by atoms with Crippen LogP contribution in [0.1, 0.15) is 17.2 Å². The number of fused-ring (bicyclic) bond motifs is 2. The van der Waals surface area contributed by atoms with Crippen LogP contribution < -0.4 is 15.5 Å². The molecule has 2 aromatic carbocycles. The summed E-state index contributed by atoms with van der Waals surface area (Å²) in [6.07, 6.45) is 5.66. The van der Waals surface area contributed by atoms with E-state index in [2.05, 4.69) is 52.1 Å². The van der Waals surface area contributed by atoms with Crippen LogP contribution in [0, 0.1) is 0 Å². The number of aryl methyl sites for hydroxylation is 2. The van der Waals surface area contributed by atoms with Crippen molar-refractivity contribution < 1.29 is 4.79 Å². The molecule has 0 radical (unpaired) electrons. The summed E-state index contributed by atoms with van der Waals surface area (Å²) < 4.78 is 1.97. The molecule has 2 aliphatic rings. The molecule has 148 valence electrons. The first-order valence-electron chi connectivity index (χ1n) is 10.2. The summed E-state index contributed by atoms with van der Waals surface area (Å²) in [5.41, 5.74) is 4.43. The third-order valence-electron chi connectivity index (χ3n) is 5.94. The van der Waals surface area contributed by atoms with Gasteiger partial charge in [-0.2, -0.15) is 5.10 Å². The highest BCUT2D eigenvalue weighted by Crippen LogP contribution is 2.35. The lowest BCUT2D eigenvalue weighted by Crippen LogP contribution is -2.44. The van der Waals surface area contributed by atoms with E-state index in [1.165, 1.54) is 11.1 Å². The third kappa shape index (κ3) is 3.45. The van der Waals surface area contributed by atoms with Crippen LogP contribution in [0.5, 0.6) is 0 Å². The van der Waals surface area contributed by atoms with Gasteiger partial charge in [0.15, 0.2) is 0 Å². The van der Waals surface area contributed by atoms with Crippen molar-refractivity contribution >= 4 is 17.3 Å². The number of nitrogens with zero attached hydrogens (tertiary/aromatic N) is 3. The molecular weight excluding hydrogens is 362 g/mol. The minimum absolute atomic E-state index is 0.0675. The Morgan fingerprint density at radius 1 is 1.00 bits per heavy atom. The van der Waals surface area contributed by atoms with E-state index < -0.39 is 0 Å². The first-order chi connectivity index (χ1) is 14.3. The van der Waals surface area contributed by atoms with E-state index in [1.807, 2.05) is 34.0 Å². The summed E-state index contributed by atoms with van der Waals surface area (Å²) in [6, 6.07) is 18.8. The largest absolute Gasteiger partial charge is 0.313 e. The molecule has 0 bridgehead atoms. The van der Waals surface area contributed by atoms with Crippen molar-refractivity contribution in [3.05, 3.63) is 78.1 Å². The zero-order valence-corrected chi connectivity index (χ0v) is 16.3. The summed E-state index contributed by atoms with van der Waals surface area (Å²) in [7, 11) is 0. The highest BCUT2D eigenvalue weighted by atomic mass is 16.2. The monoisotopic (exact) mass is 387 g/mol. The van der Waals surface area contributed by atoms with E-state index in [4.69, 9.17) is 0 Å². The van der Waals surface area contributed by atoms with Crippen molar-refractivity contribution in [2.24, 2.45) is 0 Å². The topological polar surface area (TPSA) is 62.2 Å². The van der Waals surface area contributed by atoms with Gasteiger partial charge in [0.2, 0.25) is 5.91 Å². The maximum absolute atomic E-state index is 13.4. The first-order valence-corrected chi connectivity index (χ1v) is 10.2. The number of amides is 1. The number of anilines is 2. The van der Waals surface area contributed by atoms with Crippen molar-refractivity contribution in [3.63, 3.8) is 0 Å². The van der Waals surface area contributed by atoms with Crippen molar-refractivity contribution in [3.8, 4) is 0 Å². The molecule has 29 heavy (non-hydrogen) atoms. The maximum atomic E-state index is 13.4. The second kappa shape index (κ2) is 7.81.